The van der Waals surface area contributed by atoms with Crippen molar-refractivity contribution in [1.29, 1.82) is 0 Å². The van der Waals surface area contributed by atoms with Crippen molar-refractivity contribution in [2.24, 2.45) is 0 Å². The van der Waals surface area contributed by atoms with Crippen LogP contribution < -0.4 is 5.32 Å². The fourth-order valence-electron chi connectivity index (χ4n) is 5.35. The number of rotatable bonds is 32. The lowest BCUT2D eigenvalue weighted by Gasteiger charge is -2.19. The Balaban J connectivity index is 3.65. The summed E-state index contributed by atoms with van der Waals surface area (Å²) in [5.41, 5.74) is 0. The van der Waals surface area contributed by atoms with Crippen molar-refractivity contribution in [2.75, 3.05) is 6.61 Å². The normalized spacial score (nSPS) is 13.4. The zero-order valence-electron chi connectivity index (χ0n) is 27.6. The third kappa shape index (κ3) is 30.1. The predicted octanol–water partition coefficient (Wildman–Crippen LogP) is 10.5. The topological polar surface area (TPSA) is 69.6 Å². The second-order valence-corrected chi connectivity index (χ2v) is 12.3. The van der Waals surface area contributed by atoms with Crippen LogP contribution in [0.3, 0.4) is 0 Å². The maximum absolute atomic E-state index is 12.3. The molecule has 0 fully saturated rings. The zero-order valence-corrected chi connectivity index (χ0v) is 27.6. The van der Waals surface area contributed by atoms with Crippen molar-refractivity contribution in [3.05, 3.63) is 24.3 Å². The smallest absolute Gasteiger partial charge is 0.220 e. The molecule has 0 aromatic heterocycles. The Kier molecular flexibility index (Phi) is 32.5. The summed E-state index contributed by atoms with van der Waals surface area (Å²) in [5, 5.41) is 22.8. The highest BCUT2D eigenvalue weighted by atomic mass is 16.3. The van der Waals surface area contributed by atoms with Crippen molar-refractivity contribution in [1.82, 2.24) is 5.32 Å². The first-order valence-electron chi connectivity index (χ1n) is 18.1. The second-order valence-electron chi connectivity index (χ2n) is 12.3. The first kappa shape index (κ1) is 39.9. The summed E-state index contributed by atoms with van der Waals surface area (Å²) in [5.74, 6) is -0.0814. The molecule has 0 aliphatic rings. The Labute approximate surface area is 256 Å². The van der Waals surface area contributed by atoms with Gasteiger partial charge in [-0.05, 0) is 44.9 Å². The van der Waals surface area contributed by atoms with E-state index in [1.165, 1.54) is 128 Å². The van der Waals surface area contributed by atoms with Crippen LogP contribution in [0.4, 0.5) is 0 Å². The van der Waals surface area contributed by atoms with Crippen LogP contribution in [0.25, 0.3) is 0 Å². The quantitative estimate of drug-likeness (QED) is 0.0550. The number of hydrogen-bond donors (Lipinski definition) is 3. The number of aliphatic hydroxyl groups is 2. The van der Waals surface area contributed by atoms with Crippen molar-refractivity contribution in [3.63, 3.8) is 0 Å². The van der Waals surface area contributed by atoms with Gasteiger partial charge in [-0.25, -0.2) is 0 Å². The lowest BCUT2D eigenvalue weighted by Crippen LogP contribution is -2.45. The summed E-state index contributed by atoms with van der Waals surface area (Å²) in [7, 11) is 0. The molecule has 0 saturated heterocycles. The van der Waals surface area contributed by atoms with E-state index in [1.54, 1.807) is 6.08 Å². The minimum absolute atomic E-state index is 0.0814. The van der Waals surface area contributed by atoms with E-state index in [1.807, 2.05) is 6.08 Å². The van der Waals surface area contributed by atoms with Gasteiger partial charge in [-0.2, -0.15) is 0 Å². The Morgan fingerprint density at radius 3 is 1.34 bits per heavy atom. The van der Waals surface area contributed by atoms with Gasteiger partial charge in [0.2, 0.25) is 5.91 Å². The highest BCUT2D eigenvalue weighted by Gasteiger charge is 2.17. The van der Waals surface area contributed by atoms with E-state index in [0.29, 0.717) is 6.42 Å². The Hall–Kier alpha value is -1.13. The largest absolute Gasteiger partial charge is 0.394 e. The fraction of sp³-hybridized carbons (Fsp3) is 0.865. The first-order valence-corrected chi connectivity index (χ1v) is 18.1. The standard InChI is InChI=1S/C37H71NO3/c1-3-5-7-9-11-13-15-17-18-19-21-22-24-26-28-30-32-36(40)35(34-39)38-37(41)33-31-29-27-25-23-20-16-14-12-10-8-6-4-2/h20,23,30,32,35-36,39-40H,3-19,21-22,24-29,31,33-34H2,1-2H3,(H,38,41)/b23-20-,32-30+. The number of unbranched alkanes of at least 4 members (excludes halogenated alkanes) is 23. The average Bonchev–Trinajstić information content (AvgIpc) is 2.97. The maximum atomic E-state index is 12.3. The minimum atomic E-state index is -0.840. The molecular formula is C37H71NO3. The second kappa shape index (κ2) is 33.4. The van der Waals surface area contributed by atoms with E-state index in [-0.39, 0.29) is 12.5 Å². The van der Waals surface area contributed by atoms with Gasteiger partial charge in [-0.15, -0.1) is 0 Å². The van der Waals surface area contributed by atoms with E-state index < -0.39 is 12.1 Å². The molecule has 0 aliphatic heterocycles. The molecule has 0 saturated carbocycles. The lowest BCUT2D eigenvalue weighted by atomic mass is 10.0. The number of carbonyl (C=O) groups is 1. The van der Waals surface area contributed by atoms with Crippen molar-refractivity contribution < 1.29 is 15.0 Å². The van der Waals surface area contributed by atoms with Crippen LogP contribution in [0.1, 0.15) is 187 Å². The van der Waals surface area contributed by atoms with Crippen LogP contribution in [-0.2, 0) is 4.79 Å². The van der Waals surface area contributed by atoms with Crippen LogP contribution in [-0.4, -0.2) is 34.9 Å². The van der Waals surface area contributed by atoms with Gasteiger partial charge in [0.1, 0.15) is 0 Å². The third-order valence-corrected chi connectivity index (χ3v) is 8.18. The molecule has 0 aliphatic carbocycles. The van der Waals surface area contributed by atoms with E-state index >= 15 is 0 Å². The van der Waals surface area contributed by atoms with E-state index in [4.69, 9.17) is 0 Å². The van der Waals surface area contributed by atoms with Crippen LogP contribution in [0.2, 0.25) is 0 Å². The molecule has 0 radical (unpaired) electrons. The highest BCUT2D eigenvalue weighted by Crippen LogP contribution is 2.14. The molecule has 0 heterocycles. The van der Waals surface area contributed by atoms with E-state index in [0.717, 1.165) is 38.5 Å². The van der Waals surface area contributed by atoms with Gasteiger partial charge in [0.05, 0.1) is 18.8 Å². The summed E-state index contributed by atoms with van der Waals surface area (Å²) in [6.07, 6.45) is 41.1. The number of amides is 1. The Bertz CT molecular complexity index is 589. The zero-order chi connectivity index (χ0) is 30.1. The Morgan fingerprint density at radius 2 is 0.927 bits per heavy atom. The van der Waals surface area contributed by atoms with Gasteiger partial charge >= 0.3 is 0 Å². The molecule has 2 unspecified atom stereocenters. The first-order chi connectivity index (χ1) is 20.2. The third-order valence-electron chi connectivity index (χ3n) is 8.18. The summed E-state index contributed by atoms with van der Waals surface area (Å²) >= 11 is 0. The summed E-state index contributed by atoms with van der Waals surface area (Å²) in [6, 6.07) is -0.625. The molecule has 0 spiro atoms. The molecule has 0 aromatic carbocycles. The molecule has 3 N–H and O–H groups in total. The van der Waals surface area contributed by atoms with E-state index in [9.17, 15) is 15.0 Å². The summed E-state index contributed by atoms with van der Waals surface area (Å²) < 4.78 is 0. The summed E-state index contributed by atoms with van der Waals surface area (Å²) in [6.45, 7) is 4.28. The number of nitrogens with one attached hydrogen (secondary N) is 1. The SMILES string of the molecule is CCCCCCCC/C=C\CCCCCC(=O)NC(CO)C(O)/C=C/CCCCCCCCCCCCCCCC. The van der Waals surface area contributed by atoms with Crippen molar-refractivity contribution >= 4 is 5.91 Å². The van der Waals surface area contributed by atoms with Gasteiger partial charge in [-0.1, -0.05) is 160 Å². The van der Waals surface area contributed by atoms with Crippen molar-refractivity contribution in [2.45, 2.75) is 199 Å². The van der Waals surface area contributed by atoms with Crippen LogP contribution >= 0.6 is 0 Å². The molecular weight excluding hydrogens is 506 g/mol. The van der Waals surface area contributed by atoms with E-state index in [2.05, 4.69) is 31.3 Å². The fourth-order valence-corrected chi connectivity index (χ4v) is 5.35. The monoisotopic (exact) mass is 578 g/mol. The molecule has 4 heteroatoms. The van der Waals surface area contributed by atoms with Crippen LogP contribution in [0.5, 0.6) is 0 Å². The number of carbonyl (C=O) groups excluding carboxylic acids is 1. The predicted molar refractivity (Wildman–Crippen MR) is 179 cm³/mol. The van der Waals surface area contributed by atoms with Gasteiger partial charge in [-0.3, -0.25) is 4.79 Å². The molecule has 4 nitrogen and oxygen atoms in total. The molecule has 0 bridgehead atoms. The molecule has 242 valence electrons. The molecule has 2 atom stereocenters. The van der Waals surface area contributed by atoms with Crippen molar-refractivity contribution in [3.8, 4) is 0 Å². The summed E-state index contributed by atoms with van der Waals surface area (Å²) in [4.78, 5) is 12.3. The van der Waals surface area contributed by atoms with Gasteiger partial charge in [0.15, 0.2) is 0 Å². The van der Waals surface area contributed by atoms with Gasteiger partial charge in [0, 0.05) is 6.42 Å². The molecule has 0 rings (SSSR count). The molecule has 0 aromatic rings. The number of allylic oxidation sites excluding steroid dienone is 3. The minimum Gasteiger partial charge on any atom is -0.394 e. The van der Waals surface area contributed by atoms with Crippen LogP contribution in [0, 0.1) is 0 Å². The maximum Gasteiger partial charge on any atom is 0.220 e. The lowest BCUT2D eigenvalue weighted by molar-refractivity contribution is -0.123. The average molecular weight is 578 g/mol. The molecule has 1 amide bonds. The van der Waals surface area contributed by atoms with Gasteiger partial charge < -0.3 is 15.5 Å². The van der Waals surface area contributed by atoms with Gasteiger partial charge in [0.25, 0.3) is 0 Å². The highest BCUT2D eigenvalue weighted by molar-refractivity contribution is 5.76. The number of hydrogen-bond acceptors (Lipinski definition) is 3. The van der Waals surface area contributed by atoms with Crippen LogP contribution in [0.15, 0.2) is 24.3 Å². The molecule has 41 heavy (non-hydrogen) atoms. The number of aliphatic hydroxyl groups excluding tert-OH is 2. The Morgan fingerprint density at radius 1 is 0.561 bits per heavy atom.